The average Bonchev–Trinajstić information content (AvgIpc) is 2.48. The summed E-state index contributed by atoms with van der Waals surface area (Å²) in [7, 11) is 0. The Kier molecular flexibility index (Phi) is 2.61. The van der Waals surface area contributed by atoms with Crippen LogP contribution < -0.4 is 0 Å². The molecule has 82 valence electrons. The molecule has 1 aliphatic carbocycles. The first-order valence-electron chi connectivity index (χ1n) is 5.83. The monoisotopic (exact) mass is 198 g/mol. The lowest BCUT2D eigenvalue weighted by atomic mass is 9.60. The second kappa shape index (κ2) is 3.49. The van der Waals surface area contributed by atoms with Gasteiger partial charge in [0.15, 0.2) is 0 Å². The Morgan fingerprint density at radius 3 is 2.57 bits per heavy atom. The molecule has 1 unspecified atom stereocenters. The van der Waals surface area contributed by atoms with Crippen molar-refractivity contribution in [2.75, 3.05) is 6.61 Å². The molecule has 1 atom stereocenters. The van der Waals surface area contributed by atoms with Crippen LogP contribution in [0.2, 0.25) is 0 Å². The van der Waals surface area contributed by atoms with Crippen molar-refractivity contribution < 1.29 is 9.84 Å². The molecule has 0 aromatic rings. The van der Waals surface area contributed by atoms with Gasteiger partial charge in [-0.15, -0.1) is 0 Å². The molecule has 0 bridgehead atoms. The Hall–Kier alpha value is -0.0800. The number of ether oxygens (including phenoxy) is 1. The molecule has 0 aromatic heterocycles. The predicted octanol–water partition coefficient (Wildman–Crippen LogP) is 2.50. The van der Waals surface area contributed by atoms with Gasteiger partial charge in [0, 0.05) is 6.61 Å². The van der Waals surface area contributed by atoms with Crippen molar-refractivity contribution in [1.82, 2.24) is 0 Å². The number of rotatable bonds is 3. The number of hydrogen-bond donors (Lipinski definition) is 1. The lowest BCUT2D eigenvalue weighted by Crippen LogP contribution is -2.49. The van der Waals surface area contributed by atoms with Crippen molar-refractivity contribution in [3.05, 3.63) is 0 Å². The van der Waals surface area contributed by atoms with Crippen LogP contribution >= 0.6 is 0 Å². The van der Waals surface area contributed by atoms with Gasteiger partial charge in [0.05, 0.1) is 11.7 Å². The number of hydrogen-bond acceptors (Lipinski definition) is 2. The van der Waals surface area contributed by atoms with E-state index in [2.05, 4.69) is 13.8 Å². The highest BCUT2D eigenvalue weighted by atomic mass is 16.5. The summed E-state index contributed by atoms with van der Waals surface area (Å²) in [4.78, 5) is 0. The highest BCUT2D eigenvalue weighted by Gasteiger charge is 2.47. The fourth-order valence-electron chi connectivity index (χ4n) is 3.21. The molecule has 2 rings (SSSR count). The third-order valence-electron chi connectivity index (χ3n) is 3.57. The minimum atomic E-state index is -0.366. The third kappa shape index (κ3) is 2.29. The summed E-state index contributed by atoms with van der Waals surface area (Å²) < 4.78 is 5.56. The van der Waals surface area contributed by atoms with E-state index in [1.165, 1.54) is 12.8 Å². The van der Waals surface area contributed by atoms with E-state index in [-0.39, 0.29) is 5.60 Å². The maximum absolute atomic E-state index is 10.2. The molecule has 1 saturated heterocycles. The molecule has 2 heteroatoms. The predicted molar refractivity (Wildman–Crippen MR) is 56.2 cm³/mol. The summed E-state index contributed by atoms with van der Waals surface area (Å²) in [5.41, 5.74) is 0.000727. The molecule has 0 aromatic carbocycles. The largest absolute Gasteiger partial charge is 0.390 e. The minimum absolute atomic E-state index is 0.366. The van der Waals surface area contributed by atoms with E-state index in [1.54, 1.807) is 0 Å². The summed E-state index contributed by atoms with van der Waals surface area (Å²) in [6.07, 6.45) is 6.74. The number of aliphatic hydroxyl groups is 1. The fourth-order valence-corrected chi connectivity index (χ4v) is 3.21. The highest BCUT2D eigenvalue weighted by Crippen LogP contribution is 2.50. The zero-order valence-corrected chi connectivity index (χ0v) is 9.38. The summed E-state index contributed by atoms with van der Waals surface area (Å²) in [6, 6.07) is 0. The van der Waals surface area contributed by atoms with E-state index in [4.69, 9.17) is 4.74 Å². The van der Waals surface area contributed by atoms with Crippen LogP contribution in [0, 0.1) is 5.41 Å². The average molecular weight is 198 g/mol. The molecular weight excluding hydrogens is 176 g/mol. The highest BCUT2D eigenvalue weighted by molar-refractivity contribution is 4.99. The molecule has 0 radical (unpaired) electrons. The summed E-state index contributed by atoms with van der Waals surface area (Å²) >= 11 is 0. The second-order valence-electron chi connectivity index (χ2n) is 5.92. The maximum Gasteiger partial charge on any atom is 0.0659 e. The van der Waals surface area contributed by atoms with Crippen molar-refractivity contribution in [2.45, 2.75) is 64.1 Å². The Morgan fingerprint density at radius 1 is 1.36 bits per heavy atom. The first kappa shape index (κ1) is 10.4. The van der Waals surface area contributed by atoms with Crippen LogP contribution in [0.5, 0.6) is 0 Å². The second-order valence-corrected chi connectivity index (χ2v) is 5.92. The fraction of sp³-hybridized carbons (Fsp3) is 1.00. The smallest absolute Gasteiger partial charge is 0.0659 e. The van der Waals surface area contributed by atoms with Gasteiger partial charge < -0.3 is 9.84 Å². The van der Waals surface area contributed by atoms with E-state index >= 15 is 0 Å². The zero-order chi connectivity index (χ0) is 10.2. The Bertz CT molecular complexity index is 196. The van der Waals surface area contributed by atoms with Gasteiger partial charge in [-0.1, -0.05) is 13.8 Å². The van der Waals surface area contributed by atoms with Gasteiger partial charge in [0.2, 0.25) is 0 Å². The Labute approximate surface area is 86.6 Å². The molecule has 2 nitrogen and oxygen atoms in total. The normalized spacial score (nSPS) is 34.1. The van der Waals surface area contributed by atoms with Crippen LogP contribution in [0.25, 0.3) is 0 Å². The lowest BCUT2D eigenvalue weighted by Gasteiger charge is -2.50. The Balaban J connectivity index is 1.70. The molecule has 1 N–H and O–H groups in total. The molecule has 1 heterocycles. The van der Waals surface area contributed by atoms with Gasteiger partial charge in [-0.25, -0.2) is 0 Å². The van der Waals surface area contributed by atoms with Crippen LogP contribution in [0.3, 0.4) is 0 Å². The molecular formula is C12H22O2. The molecule has 0 spiro atoms. The van der Waals surface area contributed by atoms with Crippen LogP contribution in [-0.4, -0.2) is 23.4 Å². The van der Waals surface area contributed by atoms with Gasteiger partial charge in [-0.05, 0) is 43.9 Å². The van der Waals surface area contributed by atoms with Crippen LogP contribution in [-0.2, 0) is 4.74 Å². The molecule has 1 aliphatic heterocycles. The molecule has 14 heavy (non-hydrogen) atoms. The van der Waals surface area contributed by atoms with Gasteiger partial charge >= 0.3 is 0 Å². The van der Waals surface area contributed by atoms with E-state index < -0.39 is 0 Å². The molecule has 0 amide bonds. The van der Waals surface area contributed by atoms with E-state index in [9.17, 15) is 5.11 Å². The van der Waals surface area contributed by atoms with Gasteiger partial charge in [-0.2, -0.15) is 0 Å². The van der Waals surface area contributed by atoms with Gasteiger partial charge in [0.25, 0.3) is 0 Å². The molecule has 2 fully saturated rings. The Morgan fingerprint density at radius 2 is 2.07 bits per heavy atom. The zero-order valence-electron chi connectivity index (χ0n) is 9.38. The van der Waals surface area contributed by atoms with Crippen molar-refractivity contribution in [1.29, 1.82) is 0 Å². The lowest BCUT2D eigenvalue weighted by molar-refractivity contribution is -0.122. The maximum atomic E-state index is 10.2. The van der Waals surface area contributed by atoms with E-state index in [0.29, 0.717) is 11.5 Å². The SMILES string of the molecule is CC1(C)CC(O)(CCC2CCCO2)C1. The van der Waals surface area contributed by atoms with E-state index in [0.717, 1.165) is 32.3 Å². The summed E-state index contributed by atoms with van der Waals surface area (Å²) in [6.45, 7) is 5.38. The minimum Gasteiger partial charge on any atom is -0.390 e. The first-order chi connectivity index (χ1) is 6.49. The van der Waals surface area contributed by atoms with Crippen molar-refractivity contribution >= 4 is 0 Å². The third-order valence-corrected chi connectivity index (χ3v) is 3.57. The van der Waals surface area contributed by atoms with Crippen LogP contribution in [0.15, 0.2) is 0 Å². The summed E-state index contributed by atoms with van der Waals surface area (Å²) in [5.74, 6) is 0. The standard InChI is InChI=1S/C12H22O2/c1-11(2)8-12(13,9-11)6-5-10-4-3-7-14-10/h10,13H,3-9H2,1-2H3. The van der Waals surface area contributed by atoms with Crippen molar-refractivity contribution in [2.24, 2.45) is 5.41 Å². The first-order valence-corrected chi connectivity index (χ1v) is 5.83. The van der Waals surface area contributed by atoms with E-state index in [1.807, 2.05) is 0 Å². The molecule has 2 aliphatic rings. The summed E-state index contributed by atoms with van der Waals surface area (Å²) in [5, 5.41) is 10.2. The van der Waals surface area contributed by atoms with Crippen molar-refractivity contribution in [3.63, 3.8) is 0 Å². The van der Waals surface area contributed by atoms with Crippen molar-refractivity contribution in [3.8, 4) is 0 Å². The topological polar surface area (TPSA) is 29.5 Å². The van der Waals surface area contributed by atoms with Gasteiger partial charge in [0.1, 0.15) is 0 Å². The van der Waals surface area contributed by atoms with Crippen LogP contribution in [0.4, 0.5) is 0 Å². The van der Waals surface area contributed by atoms with Crippen LogP contribution in [0.1, 0.15) is 52.4 Å². The quantitative estimate of drug-likeness (QED) is 0.755. The van der Waals surface area contributed by atoms with Gasteiger partial charge in [-0.3, -0.25) is 0 Å². The molecule has 1 saturated carbocycles.